The lowest BCUT2D eigenvalue weighted by Gasteiger charge is -2.07. The van der Waals surface area contributed by atoms with E-state index in [-0.39, 0.29) is 18.3 Å². The van der Waals surface area contributed by atoms with Crippen LogP contribution in [0, 0.1) is 0 Å². The van der Waals surface area contributed by atoms with Gasteiger partial charge in [0.2, 0.25) is 0 Å². The highest BCUT2D eigenvalue weighted by atomic mass is 35.5. The minimum absolute atomic E-state index is 0. The van der Waals surface area contributed by atoms with Crippen molar-refractivity contribution in [3.05, 3.63) is 29.8 Å². The van der Waals surface area contributed by atoms with Crippen LogP contribution in [-0.4, -0.2) is 45.5 Å². The Morgan fingerprint density at radius 1 is 1.21 bits per heavy atom. The second-order valence-electron chi connectivity index (χ2n) is 3.73. The van der Waals surface area contributed by atoms with Crippen LogP contribution < -0.4 is 10.6 Å². The maximum Gasteiger partial charge on any atom is 0.251 e. The molecule has 0 aliphatic rings. The van der Waals surface area contributed by atoms with E-state index in [1.807, 2.05) is 30.5 Å². The largest absolute Gasteiger partial charge is 0.383 e. The van der Waals surface area contributed by atoms with Crippen molar-refractivity contribution in [2.45, 2.75) is 4.90 Å². The lowest BCUT2D eigenvalue weighted by atomic mass is 10.2. The van der Waals surface area contributed by atoms with Gasteiger partial charge in [-0.3, -0.25) is 4.79 Å². The molecule has 0 aliphatic heterocycles. The molecule has 0 fully saturated rings. The first-order chi connectivity index (χ1) is 8.77. The number of hydrogen-bond donors (Lipinski definition) is 2. The highest BCUT2D eigenvalue weighted by Crippen LogP contribution is 2.14. The fourth-order valence-electron chi connectivity index (χ4n) is 1.41. The number of carbonyl (C=O) groups excluding carboxylic acids is 1. The SMILES string of the molecule is COCCNCCNC(=O)c1ccc(SC)cc1.Cl. The van der Waals surface area contributed by atoms with Crippen molar-refractivity contribution in [1.29, 1.82) is 0 Å². The average molecular weight is 305 g/mol. The number of methoxy groups -OCH3 is 1. The Hall–Kier alpha value is -0.750. The van der Waals surface area contributed by atoms with E-state index in [2.05, 4.69) is 10.6 Å². The third kappa shape index (κ3) is 7.42. The van der Waals surface area contributed by atoms with Crippen molar-refractivity contribution in [2.24, 2.45) is 0 Å². The minimum atomic E-state index is -0.0313. The zero-order valence-corrected chi connectivity index (χ0v) is 12.9. The van der Waals surface area contributed by atoms with Crippen molar-refractivity contribution in [2.75, 3.05) is 39.6 Å². The zero-order valence-electron chi connectivity index (χ0n) is 11.3. The first-order valence-corrected chi connectivity index (χ1v) is 7.12. The summed E-state index contributed by atoms with van der Waals surface area (Å²) >= 11 is 1.66. The molecular weight excluding hydrogens is 284 g/mol. The molecule has 1 amide bonds. The van der Waals surface area contributed by atoms with Gasteiger partial charge in [-0.05, 0) is 30.5 Å². The van der Waals surface area contributed by atoms with Gasteiger partial charge in [0.15, 0.2) is 0 Å². The van der Waals surface area contributed by atoms with Crippen LogP contribution in [0.15, 0.2) is 29.2 Å². The van der Waals surface area contributed by atoms with Crippen LogP contribution in [0.4, 0.5) is 0 Å². The molecule has 1 rings (SSSR count). The number of carbonyl (C=O) groups is 1. The van der Waals surface area contributed by atoms with Crippen molar-refractivity contribution < 1.29 is 9.53 Å². The van der Waals surface area contributed by atoms with Crippen LogP contribution in [-0.2, 0) is 4.74 Å². The molecule has 2 N–H and O–H groups in total. The van der Waals surface area contributed by atoms with Crippen molar-refractivity contribution in [3.8, 4) is 0 Å². The highest BCUT2D eigenvalue weighted by molar-refractivity contribution is 7.98. The molecule has 0 atom stereocenters. The maximum absolute atomic E-state index is 11.8. The van der Waals surface area contributed by atoms with E-state index in [4.69, 9.17) is 4.74 Å². The number of ether oxygens (including phenoxy) is 1. The van der Waals surface area contributed by atoms with Crippen molar-refractivity contribution in [1.82, 2.24) is 10.6 Å². The molecule has 0 aliphatic carbocycles. The van der Waals surface area contributed by atoms with E-state index in [0.717, 1.165) is 18.0 Å². The molecule has 0 heterocycles. The lowest BCUT2D eigenvalue weighted by Crippen LogP contribution is -2.33. The van der Waals surface area contributed by atoms with E-state index in [1.165, 1.54) is 0 Å². The Morgan fingerprint density at radius 3 is 2.47 bits per heavy atom. The van der Waals surface area contributed by atoms with Crippen LogP contribution in [0.1, 0.15) is 10.4 Å². The topological polar surface area (TPSA) is 50.4 Å². The van der Waals surface area contributed by atoms with Crippen LogP contribution in [0.5, 0.6) is 0 Å². The Balaban J connectivity index is 0.00000324. The molecule has 0 bridgehead atoms. The molecule has 0 saturated carbocycles. The third-order valence-corrected chi connectivity index (χ3v) is 3.17. The Labute approximate surface area is 125 Å². The molecule has 0 spiro atoms. The predicted octanol–water partition coefficient (Wildman–Crippen LogP) is 1.80. The molecule has 19 heavy (non-hydrogen) atoms. The number of amides is 1. The van der Waals surface area contributed by atoms with E-state index in [1.54, 1.807) is 18.9 Å². The predicted molar refractivity (Wildman–Crippen MR) is 82.5 cm³/mol. The van der Waals surface area contributed by atoms with Gasteiger partial charge >= 0.3 is 0 Å². The third-order valence-electron chi connectivity index (χ3n) is 2.42. The summed E-state index contributed by atoms with van der Waals surface area (Å²) in [6.45, 7) is 2.85. The summed E-state index contributed by atoms with van der Waals surface area (Å²) in [5, 5.41) is 6.03. The van der Waals surface area contributed by atoms with Crippen molar-refractivity contribution >= 4 is 30.1 Å². The first kappa shape index (κ1) is 18.2. The fraction of sp³-hybridized carbons (Fsp3) is 0.462. The summed E-state index contributed by atoms with van der Waals surface area (Å²) in [6, 6.07) is 7.60. The zero-order chi connectivity index (χ0) is 13.2. The highest BCUT2D eigenvalue weighted by Gasteiger charge is 2.03. The van der Waals surface area contributed by atoms with E-state index >= 15 is 0 Å². The lowest BCUT2D eigenvalue weighted by molar-refractivity contribution is 0.0953. The standard InChI is InChI=1S/C13H20N2O2S.ClH/c1-17-10-9-14-7-8-15-13(16)11-3-5-12(18-2)6-4-11;/h3-6,14H,7-10H2,1-2H3,(H,15,16);1H. The number of hydrogen-bond acceptors (Lipinski definition) is 4. The van der Waals surface area contributed by atoms with Crippen LogP contribution in [0.2, 0.25) is 0 Å². The molecule has 1 aromatic carbocycles. The number of thioether (sulfide) groups is 1. The maximum atomic E-state index is 11.8. The number of rotatable bonds is 8. The fourth-order valence-corrected chi connectivity index (χ4v) is 1.82. The summed E-state index contributed by atoms with van der Waals surface area (Å²) in [5.41, 5.74) is 0.699. The summed E-state index contributed by atoms with van der Waals surface area (Å²) < 4.78 is 4.91. The van der Waals surface area contributed by atoms with Gasteiger partial charge < -0.3 is 15.4 Å². The van der Waals surface area contributed by atoms with Gasteiger partial charge in [-0.1, -0.05) is 0 Å². The Morgan fingerprint density at radius 2 is 1.89 bits per heavy atom. The Kier molecular flexibility index (Phi) is 10.7. The van der Waals surface area contributed by atoms with Crippen molar-refractivity contribution in [3.63, 3.8) is 0 Å². The number of nitrogens with one attached hydrogen (secondary N) is 2. The smallest absolute Gasteiger partial charge is 0.251 e. The quantitative estimate of drug-likeness (QED) is 0.568. The Bertz CT molecular complexity index is 360. The second kappa shape index (κ2) is 11.1. The molecule has 1 aromatic rings. The molecule has 0 aromatic heterocycles. The molecule has 0 radical (unpaired) electrons. The minimum Gasteiger partial charge on any atom is -0.383 e. The number of halogens is 1. The van der Waals surface area contributed by atoms with Gasteiger partial charge in [-0.15, -0.1) is 24.2 Å². The van der Waals surface area contributed by atoms with Gasteiger partial charge in [0.1, 0.15) is 0 Å². The number of benzene rings is 1. The van der Waals surface area contributed by atoms with Gasteiger partial charge in [-0.25, -0.2) is 0 Å². The van der Waals surface area contributed by atoms with Gasteiger partial charge in [-0.2, -0.15) is 0 Å². The van der Waals surface area contributed by atoms with E-state index in [9.17, 15) is 4.79 Å². The van der Waals surface area contributed by atoms with Crippen LogP contribution >= 0.6 is 24.2 Å². The summed E-state index contributed by atoms with van der Waals surface area (Å²) in [4.78, 5) is 12.9. The summed E-state index contributed by atoms with van der Waals surface area (Å²) in [7, 11) is 1.67. The van der Waals surface area contributed by atoms with Gasteiger partial charge in [0.25, 0.3) is 5.91 Å². The first-order valence-electron chi connectivity index (χ1n) is 5.90. The normalized spacial score (nSPS) is 9.79. The average Bonchev–Trinajstić information content (AvgIpc) is 2.42. The molecule has 6 heteroatoms. The van der Waals surface area contributed by atoms with Gasteiger partial charge in [0, 0.05) is 37.2 Å². The second-order valence-corrected chi connectivity index (χ2v) is 4.61. The van der Waals surface area contributed by atoms with Crippen LogP contribution in [0.3, 0.4) is 0 Å². The van der Waals surface area contributed by atoms with E-state index in [0.29, 0.717) is 18.7 Å². The van der Waals surface area contributed by atoms with Gasteiger partial charge in [0.05, 0.1) is 6.61 Å². The molecule has 0 unspecified atom stereocenters. The summed E-state index contributed by atoms with van der Waals surface area (Å²) in [5.74, 6) is -0.0313. The van der Waals surface area contributed by atoms with E-state index < -0.39 is 0 Å². The monoisotopic (exact) mass is 304 g/mol. The molecule has 108 valence electrons. The van der Waals surface area contributed by atoms with Crippen LogP contribution in [0.25, 0.3) is 0 Å². The molecule has 4 nitrogen and oxygen atoms in total. The summed E-state index contributed by atoms with van der Waals surface area (Å²) in [6.07, 6.45) is 2.01. The molecule has 0 saturated heterocycles. The molecular formula is C13H21ClN2O2S.